The summed E-state index contributed by atoms with van der Waals surface area (Å²) in [6, 6.07) is 10.6. The number of methoxy groups -OCH3 is 2. The summed E-state index contributed by atoms with van der Waals surface area (Å²) in [7, 11) is 2.94. The van der Waals surface area contributed by atoms with Crippen LogP contribution in [0, 0.1) is 0 Å². The Morgan fingerprint density at radius 3 is 2.58 bits per heavy atom. The minimum atomic E-state index is -0.393. The SMILES string of the molecule is COC(=O)C[C@@H](c1ccc(OC)cc1)c1c(O)ccc2nsnc12. The van der Waals surface area contributed by atoms with E-state index in [-0.39, 0.29) is 18.1 Å². The minimum absolute atomic E-state index is 0.0833. The van der Waals surface area contributed by atoms with Crippen molar-refractivity contribution < 1.29 is 19.4 Å². The van der Waals surface area contributed by atoms with E-state index < -0.39 is 5.92 Å². The molecule has 6 nitrogen and oxygen atoms in total. The first-order chi connectivity index (χ1) is 11.6. The molecule has 0 saturated carbocycles. The minimum Gasteiger partial charge on any atom is -0.508 e. The van der Waals surface area contributed by atoms with Gasteiger partial charge in [-0.1, -0.05) is 12.1 Å². The molecule has 0 aliphatic carbocycles. The number of rotatable bonds is 5. The van der Waals surface area contributed by atoms with Gasteiger partial charge in [0.2, 0.25) is 0 Å². The zero-order valence-electron chi connectivity index (χ0n) is 13.2. The predicted octanol–water partition coefficient (Wildman–Crippen LogP) is 3.10. The highest BCUT2D eigenvalue weighted by Gasteiger charge is 2.25. The summed E-state index contributed by atoms with van der Waals surface area (Å²) >= 11 is 1.07. The number of nitrogens with zero attached hydrogens (tertiary/aromatic N) is 2. The topological polar surface area (TPSA) is 81.5 Å². The molecule has 3 aromatic rings. The van der Waals surface area contributed by atoms with Gasteiger partial charge in [0.25, 0.3) is 0 Å². The second kappa shape index (κ2) is 6.84. The molecular weight excluding hydrogens is 328 g/mol. The van der Waals surface area contributed by atoms with Crippen molar-refractivity contribution in [3.63, 3.8) is 0 Å². The summed E-state index contributed by atoms with van der Waals surface area (Å²) in [5.41, 5.74) is 2.73. The molecule has 0 spiro atoms. The van der Waals surface area contributed by atoms with Gasteiger partial charge < -0.3 is 14.6 Å². The quantitative estimate of drug-likeness (QED) is 0.716. The summed E-state index contributed by atoms with van der Waals surface area (Å²) in [6.07, 6.45) is 0.0903. The summed E-state index contributed by atoms with van der Waals surface area (Å²) in [4.78, 5) is 11.9. The molecule has 0 amide bonds. The molecule has 0 saturated heterocycles. The maximum absolute atomic E-state index is 11.9. The van der Waals surface area contributed by atoms with Crippen LogP contribution in [-0.2, 0) is 9.53 Å². The number of phenolic OH excluding ortho intramolecular Hbond substituents is 1. The van der Waals surface area contributed by atoms with Crippen molar-refractivity contribution in [2.45, 2.75) is 12.3 Å². The number of fused-ring (bicyclic) bond motifs is 1. The standard InChI is InChI=1S/C17H16N2O4S/c1-22-11-5-3-10(4-6-11)12(9-15(21)23-2)16-14(20)8-7-13-17(16)19-24-18-13/h3-8,12,20H,9H2,1-2H3/t12-/m0/s1. The fraction of sp³-hybridized carbons (Fsp3) is 0.235. The average Bonchev–Trinajstić information content (AvgIpc) is 3.08. The molecule has 7 heteroatoms. The van der Waals surface area contributed by atoms with Crippen LogP contribution < -0.4 is 4.74 Å². The second-order valence-corrected chi connectivity index (χ2v) is 5.76. The molecule has 0 aliphatic heterocycles. The lowest BCUT2D eigenvalue weighted by atomic mass is 9.87. The van der Waals surface area contributed by atoms with Crippen molar-refractivity contribution in [2.24, 2.45) is 0 Å². The number of carbonyl (C=O) groups is 1. The zero-order chi connectivity index (χ0) is 17.1. The molecule has 0 aliphatic rings. The lowest BCUT2D eigenvalue weighted by molar-refractivity contribution is -0.140. The summed E-state index contributed by atoms with van der Waals surface area (Å²) < 4.78 is 18.5. The molecular formula is C17H16N2O4S. The largest absolute Gasteiger partial charge is 0.508 e. The Morgan fingerprint density at radius 2 is 1.92 bits per heavy atom. The number of benzene rings is 2. The Balaban J connectivity index is 2.14. The summed E-state index contributed by atoms with van der Waals surface area (Å²) in [5, 5.41) is 10.4. The van der Waals surface area contributed by atoms with Gasteiger partial charge >= 0.3 is 5.97 Å². The fourth-order valence-electron chi connectivity index (χ4n) is 2.68. The van der Waals surface area contributed by atoms with Crippen LogP contribution >= 0.6 is 11.7 Å². The Hall–Kier alpha value is -2.67. The molecule has 1 heterocycles. The number of ether oxygens (including phenoxy) is 2. The first-order valence-corrected chi connectivity index (χ1v) is 8.02. The van der Waals surface area contributed by atoms with Gasteiger partial charge in [0, 0.05) is 11.5 Å². The van der Waals surface area contributed by atoms with Crippen molar-refractivity contribution in [3.8, 4) is 11.5 Å². The molecule has 0 unspecified atom stereocenters. The van der Waals surface area contributed by atoms with Crippen molar-refractivity contribution in [1.29, 1.82) is 0 Å². The van der Waals surface area contributed by atoms with Crippen LogP contribution in [0.5, 0.6) is 11.5 Å². The van der Waals surface area contributed by atoms with Crippen molar-refractivity contribution >= 4 is 28.7 Å². The van der Waals surface area contributed by atoms with E-state index in [1.54, 1.807) is 19.2 Å². The molecule has 24 heavy (non-hydrogen) atoms. The van der Waals surface area contributed by atoms with E-state index in [0.29, 0.717) is 22.3 Å². The Bertz CT molecular complexity index is 861. The van der Waals surface area contributed by atoms with Gasteiger partial charge in [0.1, 0.15) is 22.5 Å². The van der Waals surface area contributed by atoms with Gasteiger partial charge in [-0.05, 0) is 29.8 Å². The van der Waals surface area contributed by atoms with Crippen LogP contribution in [0.1, 0.15) is 23.5 Å². The molecule has 2 aromatic carbocycles. The third-order valence-corrected chi connectivity index (χ3v) is 4.45. The highest BCUT2D eigenvalue weighted by Crippen LogP contribution is 2.39. The van der Waals surface area contributed by atoms with Gasteiger partial charge in [0.05, 0.1) is 32.4 Å². The van der Waals surface area contributed by atoms with Crippen LogP contribution in [0.15, 0.2) is 36.4 Å². The predicted molar refractivity (Wildman–Crippen MR) is 90.5 cm³/mol. The molecule has 0 fully saturated rings. The maximum Gasteiger partial charge on any atom is 0.306 e. The smallest absolute Gasteiger partial charge is 0.306 e. The third-order valence-electron chi connectivity index (χ3n) is 3.91. The number of aromatic nitrogens is 2. The van der Waals surface area contributed by atoms with Crippen molar-refractivity contribution in [2.75, 3.05) is 14.2 Å². The number of esters is 1. The zero-order valence-corrected chi connectivity index (χ0v) is 14.0. The average molecular weight is 344 g/mol. The van der Waals surface area contributed by atoms with Crippen LogP contribution in [0.4, 0.5) is 0 Å². The molecule has 124 valence electrons. The maximum atomic E-state index is 11.9. The monoisotopic (exact) mass is 344 g/mol. The second-order valence-electron chi connectivity index (χ2n) is 5.24. The summed E-state index contributed by atoms with van der Waals surface area (Å²) in [5.74, 6) is 0.0413. The van der Waals surface area contributed by atoms with E-state index >= 15 is 0 Å². The fourth-order valence-corrected chi connectivity index (χ4v) is 3.23. The van der Waals surface area contributed by atoms with E-state index in [1.165, 1.54) is 7.11 Å². The van der Waals surface area contributed by atoms with Gasteiger partial charge in [0.15, 0.2) is 0 Å². The van der Waals surface area contributed by atoms with E-state index in [2.05, 4.69) is 8.75 Å². The molecule has 0 radical (unpaired) electrons. The lowest BCUT2D eigenvalue weighted by Crippen LogP contribution is -2.11. The third kappa shape index (κ3) is 3.03. The number of aromatic hydroxyl groups is 1. The van der Waals surface area contributed by atoms with Gasteiger partial charge in [-0.25, -0.2) is 0 Å². The number of hydrogen-bond acceptors (Lipinski definition) is 7. The normalized spacial score (nSPS) is 12.1. The van der Waals surface area contributed by atoms with Crippen LogP contribution in [0.2, 0.25) is 0 Å². The Morgan fingerprint density at radius 1 is 1.17 bits per heavy atom. The van der Waals surface area contributed by atoms with Gasteiger partial charge in [-0.15, -0.1) is 0 Å². The molecule has 1 aromatic heterocycles. The van der Waals surface area contributed by atoms with Crippen LogP contribution in [0.25, 0.3) is 11.0 Å². The Labute approximate surface area is 143 Å². The highest BCUT2D eigenvalue weighted by atomic mass is 32.1. The number of phenols is 1. The van der Waals surface area contributed by atoms with E-state index in [0.717, 1.165) is 17.3 Å². The molecule has 0 bridgehead atoms. The van der Waals surface area contributed by atoms with Gasteiger partial charge in [-0.2, -0.15) is 8.75 Å². The lowest BCUT2D eigenvalue weighted by Gasteiger charge is -2.18. The first kappa shape index (κ1) is 16.2. The summed E-state index contributed by atoms with van der Waals surface area (Å²) in [6.45, 7) is 0. The van der Waals surface area contributed by atoms with Crippen molar-refractivity contribution in [1.82, 2.24) is 8.75 Å². The van der Waals surface area contributed by atoms with E-state index in [9.17, 15) is 9.90 Å². The Kier molecular flexibility index (Phi) is 4.61. The number of carbonyl (C=O) groups excluding carboxylic acids is 1. The van der Waals surface area contributed by atoms with Crippen LogP contribution in [-0.4, -0.2) is 34.0 Å². The van der Waals surface area contributed by atoms with Crippen molar-refractivity contribution in [3.05, 3.63) is 47.5 Å². The first-order valence-electron chi connectivity index (χ1n) is 7.29. The molecule has 1 atom stereocenters. The number of hydrogen-bond donors (Lipinski definition) is 1. The molecule has 3 rings (SSSR count). The van der Waals surface area contributed by atoms with Gasteiger partial charge in [-0.3, -0.25) is 4.79 Å². The molecule has 1 N–H and O–H groups in total. The van der Waals surface area contributed by atoms with Crippen LogP contribution in [0.3, 0.4) is 0 Å². The van der Waals surface area contributed by atoms with E-state index in [1.807, 2.05) is 24.3 Å². The highest BCUT2D eigenvalue weighted by molar-refractivity contribution is 7.00. The van der Waals surface area contributed by atoms with E-state index in [4.69, 9.17) is 9.47 Å².